The number of amides is 1. The standard InChI is InChI=1S/C24H27FN4O2S2/c1-2-29-23(31)21-18-5-3-4-6-19(18)33-22(21)26-24(29)32-15-20(30)28-13-11-27(12-14-28)17-9-7-16(25)8-10-17/h7-10H,2-6,11-15H2,1H3. The van der Waals surface area contributed by atoms with Crippen molar-refractivity contribution in [1.82, 2.24) is 14.5 Å². The van der Waals surface area contributed by atoms with Crippen LogP contribution in [0.4, 0.5) is 10.1 Å². The number of fused-ring (bicyclic) bond motifs is 3. The summed E-state index contributed by atoms with van der Waals surface area (Å²) in [7, 11) is 0. The third-order valence-corrected chi connectivity index (χ3v) is 8.65. The van der Waals surface area contributed by atoms with Crippen molar-refractivity contribution in [3.8, 4) is 0 Å². The van der Waals surface area contributed by atoms with Crippen molar-refractivity contribution in [3.05, 3.63) is 50.9 Å². The monoisotopic (exact) mass is 486 g/mol. The molecule has 3 aromatic rings. The highest BCUT2D eigenvalue weighted by Crippen LogP contribution is 2.34. The Hall–Kier alpha value is -2.39. The smallest absolute Gasteiger partial charge is 0.263 e. The van der Waals surface area contributed by atoms with E-state index < -0.39 is 0 Å². The Morgan fingerprint density at radius 1 is 1.12 bits per heavy atom. The first-order chi connectivity index (χ1) is 16.0. The van der Waals surface area contributed by atoms with Crippen LogP contribution in [-0.4, -0.2) is 52.3 Å². The molecule has 174 valence electrons. The summed E-state index contributed by atoms with van der Waals surface area (Å²) in [6, 6.07) is 6.48. The number of hydrogen-bond donors (Lipinski definition) is 0. The quantitative estimate of drug-likeness (QED) is 0.404. The van der Waals surface area contributed by atoms with E-state index in [1.807, 2.05) is 11.8 Å². The molecule has 1 aliphatic carbocycles. The lowest BCUT2D eigenvalue weighted by atomic mass is 9.97. The molecule has 1 fully saturated rings. The van der Waals surface area contributed by atoms with Gasteiger partial charge in [-0.3, -0.25) is 14.2 Å². The van der Waals surface area contributed by atoms with E-state index in [9.17, 15) is 14.0 Å². The molecule has 0 radical (unpaired) electrons. The molecule has 6 nitrogen and oxygen atoms in total. The maximum Gasteiger partial charge on any atom is 0.263 e. The summed E-state index contributed by atoms with van der Waals surface area (Å²) in [5, 5.41) is 1.43. The fourth-order valence-corrected chi connectivity index (χ4v) is 6.96. The van der Waals surface area contributed by atoms with Crippen LogP contribution in [0, 0.1) is 5.82 Å². The van der Waals surface area contributed by atoms with Crippen molar-refractivity contribution in [1.29, 1.82) is 0 Å². The molecule has 1 saturated heterocycles. The lowest BCUT2D eigenvalue weighted by molar-refractivity contribution is -0.128. The average Bonchev–Trinajstić information content (AvgIpc) is 3.22. The van der Waals surface area contributed by atoms with E-state index in [0.29, 0.717) is 37.9 Å². The second-order valence-electron chi connectivity index (χ2n) is 8.47. The highest BCUT2D eigenvalue weighted by Gasteiger charge is 2.24. The minimum absolute atomic E-state index is 0.0322. The zero-order chi connectivity index (χ0) is 22.9. The van der Waals surface area contributed by atoms with Gasteiger partial charge in [0.15, 0.2) is 5.16 Å². The SMILES string of the molecule is CCn1c(SCC(=O)N2CCN(c3ccc(F)cc3)CC2)nc2sc3c(c2c1=O)CCCC3. The number of aromatic nitrogens is 2. The summed E-state index contributed by atoms with van der Waals surface area (Å²) in [6.07, 6.45) is 4.30. The van der Waals surface area contributed by atoms with Crippen LogP contribution in [0.2, 0.25) is 0 Å². The van der Waals surface area contributed by atoms with Crippen LogP contribution in [0.15, 0.2) is 34.2 Å². The summed E-state index contributed by atoms with van der Waals surface area (Å²) in [5.74, 6) is 0.0745. The van der Waals surface area contributed by atoms with Crippen molar-refractivity contribution in [2.24, 2.45) is 0 Å². The number of piperazine rings is 1. The van der Waals surface area contributed by atoms with E-state index in [2.05, 4.69) is 4.90 Å². The second-order valence-corrected chi connectivity index (χ2v) is 10.5. The Morgan fingerprint density at radius 2 is 1.85 bits per heavy atom. The molecule has 9 heteroatoms. The number of carbonyl (C=O) groups is 1. The molecule has 2 aromatic heterocycles. The Bertz CT molecular complexity index is 1230. The summed E-state index contributed by atoms with van der Waals surface area (Å²) in [5.41, 5.74) is 2.21. The third-order valence-electron chi connectivity index (χ3n) is 6.50. The number of hydrogen-bond acceptors (Lipinski definition) is 6. The Labute approximate surface area is 200 Å². The molecule has 0 spiro atoms. The molecule has 1 aromatic carbocycles. The lowest BCUT2D eigenvalue weighted by Gasteiger charge is -2.36. The highest BCUT2D eigenvalue weighted by molar-refractivity contribution is 7.99. The van der Waals surface area contributed by atoms with Gasteiger partial charge in [0.25, 0.3) is 5.56 Å². The number of thiophene rings is 1. The van der Waals surface area contributed by atoms with Gasteiger partial charge in [-0.15, -0.1) is 11.3 Å². The molecule has 3 heterocycles. The molecule has 33 heavy (non-hydrogen) atoms. The minimum Gasteiger partial charge on any atom is -0.368 e. The van der Waals surface area contributed by atoms with E-state index in [1.54, 1.807) is 28.0 Å². The lowest BCUT2D eigenvalue weighted by Crippen LogP contribution is -2.49. The normalized spacial score (nSPS) is 16.3. The molecule has 0 bridgehead atoms. The van der Waals surface area contributed by atoms with Crippen LogP contribution in [0.5, 0.6) is 0 Å². The summed E-state index contributed by atoms with van der Waals surface area (Å²) in [4.78, 5) is 37.1. The molecular formula is C24H27FN4O2S2. The number of halogens is 1. The number of anilines is 1. The van der Waals surface area contributed by atoms with Crippen molar-refractivity contribution in [3.63, 3.8) is 0 Å². The van der Waals surface area contributed by atoms with Crippen molar-refractivity contribution >= 4 is 44.9 Å². The topological polar surface area (TPSA) is 58.4 Å². The Balaban J connectivity index is 1.26. The number of aryl methyl sites for hydroxylation is 2. The van der Waals surface area contributed by atoms with E-state index >= 15 is 0 Å². The van der Waals surface area contributed by atoms with Gasteiger partial charge in [-0.1, -0.05) is 11.8 Å². The summed E-state index contributed by atoms with van der Waals surface area (Å²) in [6.45, 7) is 5.18. The van der Waals surface area contributed by atoms with Crippen molar-refractivity contribution in [2.45, 2.75) is 44.3 Å². The third kappa shape index (κ3) is 4.40. The van der Waals surface area contributed by atoms with E-state index in [0.717, 1.165) is 35.2 Å². The number of carbonyl (C=O) groups excluding carboxylic acids is 1. The predicted molar refractivity (Wildman–Crippen MR) is 132 cm³/mol. The fraction of sp³-hybridized carbons (Fsp3) is 0.458. The molecule has 1 amide bonds. The number of thioether (sulfide) groups is 1. The maximum atomic E-state index is 13.2. The number of nitrogens with zero attached hydrogens (tertiary/aromatic N) is 4. The van der Waals surface area contributed by atoms with Crippen LogP contribution < -0.4 is 10.5 Å². The molecule has 0 saturated carbocycles. The molecule has 0 atom stereocenters. The summed E-state index contributed by atoms with van der Waals surface area (Å²) < 4.78 is 14.9. The van der Waals surface area contributed by atoms with E-state index in [-0.39, 0.29) is 23.0 Å². The molecule has 0 N–H and O–H groups in total. The first-order valence-corrected chi connectivity index (χ1v) is 13.3. The van der Waals surface area contributed by atoms with Gasteiger partial charge in [-0.05, 0) is 62.4 Å². The number of rotatable bonds is 5. The van der Waals surface area contributed by atoms with Crippen molar-refractivity contribution in [2.75, 3.05) is 36.8 Å². The Morgan fingerprint density at radius 3 is 2.58 bits per heavy atom. The van der Waals surface area contributed by atoms with Crippen LogP contribution in [-0.2, 0) is 24.2 Å². The molecule has 5 rings (SSSR count). The van der Waals surface area contributed by atoms with Gasteiger partial charge in [0, 0.05) is 43.3 Å². The molecule has 1 aliphatic heterocycles. The second kappa shape index (κ2) is 9.46. The predicted octanol–water partition coefficient (Wildman–Crippen LogP) is 3.94. The minimum atomic E-state index is -0.246. The average molecular weight is 487 g/mol. The van der Waals surface area contributed by atoms with Gasteiger partial charge < -0.3 is 9.80 Å². The van der Waals surface area contributed by atoms with Gasteiger partial charge >= 0.3 is 0 Å². The van der Waals surface area contributed by atoms with Crippen LogP contribution in [0.3, 0.4) is 0 Å². The van der Waals surface area contributed by atoms with Gasteiger partial charge in [0.1, 0.15) is 10.6 Å². The summed E-state index contributed by atoms with van der Waals surface area (Å²) >= 11 is 3.01. The molecule has 2 aliphatic rings. The number of benzene rings is 1. The fourth-order valence-electron chi connectivity index (χ4n) is 4.69. The van der Waals surface area contributed by atoms with E-state index in [4.69, 9.17) is 4.98 Å². The zero-order valence-electron chi connectivity index (χ0n) is 18.7. The molecule has 0 unspecified atom stereocenters. The maximum absolute atomic E-state index is 13.2. The Kier molecular flexibility index (Phi) is 6.42. The molecular weight excluding hydrogens is 459 g/mol. The first-order valence-electron chi connectivity index (χ1n) is 11.5. The zero-order valence-corrected chi connectivity index (χ0v) is 20.3. The van der Waals surface area contributed by atoms with Crippen LogP contribution in [0.25, 0.3) is 10.2 Å². The van der Waals surface area contributed by atoms with Crippen LogP contribution in [0.1, 0.15) is 30.2 Å². The van der Waals surface area contributed by atoms with Crippen molar-refractivity contribution < 1.29 is 9.18 Å². The first kappa shape index (κ1) is 22.4. The van der Waals surface area contributed by atoms with Gasteiger partial charge in [0.2, 0.25) is 5.91 Å². The van der Waals surface area contributed by atoms with Gasteiger partial charge in [-0.2, -0.15) is 0 Å². The largest absolute Gasteiger partial charge is 0.368 e. The van der Waals surface area contributed by atoms with Crippen LogP contribution >= 0.6 is 23.1 Å². The van der Waals surface area contributed by atoms with E-state index in [1.165, 1.54) is 40.8 Å². The van der Waals surface area contributed by atoms with Gasteiger partial charge in [0.05, 0.1) is 11.1 Å². The highest BCUT2D eigenvalue weighted by atomic mass is 32.2. The van der Waals surface area contributed by atoms with Gasteiger partial charge in [-0.25, -0.2) is 9.37 Å².